The number of carbonyl (C=O) groups is 1. The first-order chi connectivity index (χ1) is 7.43. The molecule has 0 saturated carbocycles. The number of hydrogen-bond donors (Lipinski definition) is 3. The lowest BCUT2D eigenvalue weighted by Gasteiger charge is -2.27. The van der Waals surface area contributed by atoms with Crippen molar-refractivity contribution in [2.24, 2.45) is 0 Å². The smallest absolute Gasteiger partial charge is 0.338 e. The van der Waals surface area contributed by atoms with Crippen molar-refractivity contribution in [1.29, 1.82) is 0 Å². The summed E-state index contributed by atoms with van der Waals surface area (Å²) < 4.78 is 13.3. The van der Waals surface area contributed by atoms with Crippen molar-refractivity contribution in [3.05, 3.63) is 35.6 Å². The molecule has 16 heavy (non-hydrogen) atoms. The van der Waals surface area contributed by atoms with Gasteiger partial charge in [0.05, 0.1) is 0 Å². The maximum atomic E-state index is 13.3. The van der Waals surface area contributed by atoms with Gasteiger partial charge in [-0.15, -0.1) is 0 Å². The fourth-order valence-corrected chi connectivity index (χ4v) is 1.42. The first-order valence-electron chi connectivity index (χ1n) is 4.81. The van der Waals surface area contributed by atoms with Crippen LogP contribution in [0.15, 0.2) is 24.3 Å². The van der Waals surface area contributed by atoms with Gasteiger partial charge in [-0.2, -0.15) is 0 Å². The Kier molecular flexibility index (Phi) is 3.62. The number of benzene rings is 1. The van der Waals surface area contributed by atoms with E-state index in [1.165, 1.54) is 25.1 Å². The quantitative estimate of drug-likeness (QED) is 0.720. The van der Waals surface area contributed by atoms with E-state index in [-0.39, 0.29) is 12.0 Å². The number of aliphatic hydroxyl groups excluding tert-OH is 1. The first-order valence-corrected chi connectivity index (χ1v) is 4.81. The number of aliphatic hydroxyl groups is 2. The summed E-state index contributed by atoms with van der Waals surface area (Å²) in [5, 5.41) is 28.3. The molecule has 0 radical (unpaired) electrons. The SMILES string of the molecule is CC[C@@](O)(C(=O)O)[C@H](O)c1ccccc1F. The third-order valence-corrected chi connectivity index (χ3v) is 2.56. The highest BCUT2D eigenvalue weighted by atomic mass is 19.1. The highest BCUT2D eigenvalue weighted by Crippen LogP contribution is 2.30. The fourth-order valence-electron chi connectivity index (χ4n) is 1.42. The summed E-state index contributed by atoms with van der Waals surface area (Å²) in [5.41, 5.74) is -2.60. The molecule has 1 aromatic carbocycles. The number of aliphatic carboxylic acids is 1. The Balaban J connectivity index is 3.15. The molecule has 1 rings (SSSR count). The van der Waals surface area contributed by atoms with Crippen LogP contribution in [0.4, 0.5) is 4.39 Å². The summed E-state index contributed by atoms with van der Waals surface area (Å²) in [4.78, 5) is 10.8. The van der Waals surface area contributed by atoms with Crippen LogP contribution < -0.4 is 0 Å². The topological polar surface area (TPSA) is 77.8 Å². The van der Waals surface area contributed by atoms with E-state index in [0.717, 1.165) is 6.07 Å². The minimum Gasteiger partial charge on any atom is -0.479 e. The van der Waals surface area contributed by atoms with Crippen LogP contribution in [0.5, 0.6) is 0 Å². The largest absolute Gasteiger partial charge is 0.479 e. The van der Waals surface area contributed by atoms with Gasteiger partial charge in [0.1, 0.15) is 11.9 Å². The number of rotatable bonds is 4. The van der Waals surface area contributed by atoms with Gasteiger partial charge in [0, 0.05) is 5.56 Å². The number of halogens is 1. The van der Waals surface area contributed by atoms with Crippen molar-refractivity contribution in [3.63, 3.8) is 0 Å². The zero-order valence-corrected chi connectivity index (χ0v) is 8.72. The van der Waals surface area contributed by atoms with Crippen LogP contribution in [0.1, 0.15) is 25.0 Å². The van der Waals surface area contributed by atoms with Crippen molar-refractivity contribution >= 4 is 5.97 Å². The Morgan fingerprint density at radius 2 is 2.06 bits per heavy atom. The summed E-state index contributed by atoms with van der Waals surface area (Å²) in [7, 11) is 0. The van der Waals surface area contributed by atoms with Crippen LogP contribution in [0, 0.1) is 5.82 Å². The van der Waals surface area contributed by atoms with Gasteiger partial charge in [-0.1, -0.05) is 25.1 Å². The van der Waals surface area contributed by atoms with Gasteiger partial charge < -0.3 is 15.3 Å². The molecule has 0 aromatic heterocycles. The lowest BCUT2D eigenvalue weighted by molar-refractivity contribution is -0.173. The second kappa shape index (κ2) is 4.59. The molecule has 0 amide bonds. The second-order valence-electron chi connectivity index (χ2n) is 3.51. The Hall–Kier alpha value is -1.46. The molecule has 0 fully saturated rings. The summed E-state index contributed by atoms with van der Waals surface area (Å²) in [6, 6.07) is 5.21. The predicted octanol–water partition coefficient (Wildman–Crippen LogP) is 1.08. The van der Waals surface area contributed by atoms with Crippen LogP contribution >= 0.6 is 0 Å². The van der Waals surface area contributed by atoms with Gasteiger partial charge in [0.25, 0.3) is 0 Å². The molecule has 4 nitrogen and oxygen atoms in total. The number of carboxylic acid groups (broad SMARTS) is 1. The average Bonchev–Trinajstić information content (AvgIpc) is 2.27. The van der Waals surface area contributed by atoms with Crippen LogP contribution in [-0.2, 0) is 4.79 Å². The van der Waals surface area contributed by atoms with Gasteiger partial charge in [-0.05, 0) is 12.5 Å². The summed E-state index contributed by atoms with van der Waals surface area (Å²) >= 11 is 0. The van der Waals surface area contributed by atoms with E-state index in [9.17, 15) is 19.4 Å². The van der Waals surface area contributed by atoms with Crippen molar-refractivity contribution in [3.8, 4) is 0 Å². The highest BCUT2D eigenvalue weighted by Gasteiger charge is 2.43. The summed E-state index contributed by atoms with van der Waals surface area (Å²) in [6.45, 7) is 1.40. The molecule has 0 unspecified atom stereocenters. The van der Waals surface area contributed by atoms with Crippen molar-refractivity contribution in [2.75, 3.05) is 0 Å². The second-order valence-corrected chi connectivity index (χ2v) is 3.51. The fraction of sp³-hybridized carbons (Fsp3) is 0.364. The molecule has 0 aliphatic rings. The van der Waals surface area contributed by atoms with Crippen molar-refractivity contribution in [2.45, 2.75) is 25.0 Å². The Morgan fingerprint density at radius 1 is 1.50 bits per heavy atom. The number of carboxylic acids is 1. The Morgan fingerprint density at radius 3 is 2.50 bits per heavy atom. The molecule has 0 heterocycles. The maximum Gasteiger partial charge on any atom is 0.338 e. The van der Waals surface area contributed by atoms with Crippen molar-refractivity contribution < 1.29 is 24.5 Å². The molecule has 5 heteroatoms. The minimum atomic E-state index is -2.37. The van der Waals surface area contributed by atoms with E-state index in [4.69, 9.17) is 5.11 Å². The van der Waals surface area contributed by atoms with Crippen molar-refractivity contribution in [1.82, 2.24) is 0 Å². The molecule has 3 N–H and O–H groups in total. The monoisotopic (exact) mass is 228 g/mol. The van der Waals surface area contributed by atoms with E-state index < -0.39 is 23.5 Å². The Bertz CT molecular complexity index is 393. The first kappa shape index (κ1) is 12.6. The van der Waals surface area contributed by atoms with Gasteiger partial charge >= 0.3 is 5.97 Å². The third-order valence-electron chi connectivity index (χ3n) is 2.56. The van der Waals surface area contributed by atoms with Gasteiger partial charge in [0.2, 0.25) is 0 Å². The molecule has 0 spiro atoms. The van der Waals surface area contributed by atoms with E-state index in [1.54, 1.807) is 0 Å². The molecular formula is C11H13FO4. The predicted molar refractivity (Wildman–Crippen MR) is 54.2 cm³/mol. The third kappa shape index (κ3) is 2.05. The maximum absolute atomic E-state index is 13.3. The van der Waals surface area contributed by atoms with Gasteiger partial charge in [0.15, 0.2) is 5.60 Å². The van der Waals surface area contributed by atoms with E-state index in [2.05, 4.69) is 0 Å². The van der Waals surface area contributed by atoms with Crippen LogP contribution in [0.25, 0.3) is 0 Å². The zero-order chi connectivity index (χ0) is 12.3. The standard InChI is InChI=1S/C11H13FO4/c1-2-11(16,10(14)15)9(13)7-5-3-4-6-8(7)12/h3-6,9,13,16H,2H2,1H3,(H,14,15)/t9-,11+/m1/s1. The van der Waals surface area contributed by atoms with E-state index >= 15 is 0 Å². The molecule has 0 saturated heterocycles. The summed E-state index contributed by atoms with van der Waals surface area (Å²) in [6.07, 6.45) is -2.02. The molecule has 0 bridgehead atoms. The lowest BCUT2D eigenvalue weighted by atomic mass is 9.88. The number of hydrogen-bond acceptors (Lipinski definition) is 3. The normalized spacial score (nSPS) is 16.5. The molecule has 1 aromatic rings. The average molecular weight is 228 g/mol. The minimum absolute atomic E-state index is 0.224. The summed E-state index contributed by atoms with van der Waals surface area (Å²) in [5.74, 6) is -2.33. The molecule has 0 aliphatic heterocycles. The molecule has 0 aliphatic carbocycles. The van der Waals surface area contributed by atoms with Gasteiger partial charge in [-0.25, -0.2) is 9.18 Å². The Labute approximate surface area is 92.0 Å². The lowest BCUT2D eigenvalue weighted by Crippen LogP contribution is -2.44. The van der Waals surface area contributed by atoms with Crippen LogP contribution in [0.2, 0.25) is 0 Å². The molecule has 88 valence electrons. The molecular weight excluding hydrogens is 215 g/mol. The zero-order valence-electron chi connectivity index (χ0n) is 8.72. The highest BCUT2D eigenvalue weighted by molar-refractivity contribution is 5.78. The van der Waals surface area contributed by atoms with Crippen LogP contribution in [0.3, 0.4) is 0 Å². The molecule has 2 atom stereocenters. The van der Waals surface area contributed by atoms with Crippen LogP contribution in [-0.4, -0.2) is 26.9 Å². The van der Waals surface area contributed by atoms with E-state index in [0.29, 0.717) is 0 Å². The van der Waals surface area contributed by atoms with Gasteiger partial charge in [-0.3, -0.25) is 0 Å². The van der Waals surface area contributed by atoms with E-state index in [1.807, 2.05) is 0 Å².